The Morgan fingerprint density at radius 1 is 0.763 bits per heavy atom. The van der Waals surface area contributed by atoms with Gasteiger partial charge in [0.05, 0.1) is 11.3 Å². The van der Waals surface area contributed by atoms with Gasteiger partial charge in [0.1, 0.15) is 5.82 Å². The van der Waals surface area contributed by atoms with Gasteiger partial charge in [-0.05, 0) is 54.0 Å². The lowest BCUT2D eigenvalue weighted by molar-refractivity contribution is 0.662. The van der Waals surface area contributed by atoms with Crippen molar-refractivity contribution >= 4 is 21.4 Å². The van der Waals surface area contributed by atoms with Crippen molar-refractivity contribution in [1.82, 2.24) is 9.55 Å². The number of aryl methyl sites for hydroxylation is 2. The standard InChI is InChI=1S/C34H28N2OS/c1-24-32(31-23-28-17-9-11-19-30(28)38-31)34(37)36(21-20-25-12-4-2-5-13-25)33(35-24)29-18-10-8-16-27(29)22-26-14-6-3-7-15-26/h2-19,23H,20-22H2,1H3. The van der Waals surface area contributed by atoms with E-state index >= 15 is 0 Å². The minimum absolute atomic E-state index is 0.0181. The number of rotatable bonds is 7. The minimum atomic E-state index is 0.0181. The largest absolute Gasteiger partial charge is 0.292 e. The molecule has 3 nitrogen and oxygen atoms in total. The van der Waals surface area contributed by atoms with E-state index in [0.29, 0.717) is 12.1 Å². The van der Waals surface area contributed by atoms with Gasteiger partial charge in [-0.25, -0.2) is 4.98 Å². The molecule has 0 aliphatic rings. The van der Waals surface area contributed by atoms with Crippen LogP contribution in [0.25, 0.3) is 31.9 Å². The van der Waals surface area contributed by atoms with Crippen LogP contribution >= 0.6 is 11.3 Å². The van der Waals surface area contributed by atoms with Crippen molar-refractivity contribution in [3.8, 4) is 21.8 Å². The number of aromatic nitrogens is 2. The van der Waals surface area contributed by atoms with E-state index in [0.717, 1.165) is 45.8 Å². The Balaban J connectivity index is 1.51. The van der Waals surface area contributed by atoms with Crippen LogP contribution < -0.4 is 5.56 Å². The van der Waals surface area contributed by atoms with E-state index in [-0.39, 0.29) is 5.56 Å². The summed E-state index contributed by atoms with van der Waals surface area (Å²) in [5, 5.41) is 1.15. The first-order chi connectivity index (χ1) is 18.7. The monoisotopic (exact) mass is 512 g/mol. The van der Waals surface area contributed by atoms with Gasteiger partial charge in [0.2, 0.25) is 0 Å². The van der Waals surface area contributed by atoms with Crippen LogP contribution in [0.1, 0.15) is 22.4 Å². The van der Waals surface area contributed by atoms with Crippen LogP contribution in [0.3, 0.4) is 0 Å². The molecule has 0 bridgehead atoms. The average Bonchev–Trinajstić information content (AvgIpc) is 3.37. The molecule has 4 heteroatoms. The zero-order valence-corrected chi connectivity index (χ0v) is 22.1. The summed E-state index contributed by atoms with van der Waals surface area (Å²) in [5.41, 5.74) is 6.08. The molecule has 4 aromatic carbocycles. The molecule has 6 aromatic rings. The highest BCUT2D eigenvalue weighted by Gasteiger charge is 2.20. The molecular formula is C34H28N2OS. The van der Waals surface area contributed by atoms with Gasteiger partial charge >= 0.3 is 0 Å². The van der Waals surface area contributed by atoms with E-state index in [1.165, 1.54) is 15.8 Å². The highest BCUT2D eigenvalue weighted by Crippen LogP contribution is 2.34. The molecule has 0 radical (unpaired) electrons. The summed E-state index contributed by atoms with van der Waals surface area (Å²) in [7, 11) is 0. The fraction of sp³-hybridized carbons (Fsp3) is 0.118. The van der Waals surface area contributed by atoms with Gasteiger partial charge in [0, 0.05) is 21.7 Å². The van der Waals surface area contributed by atoms with Crippen LogP contribution in [-0.4, -0.2) is 9.55 Å². The normalized spacial score (nSPS) is 11.2. The Morgan fingerprint density at radius 3 is 2.18 bits per heavy atom. The highest BCUT2D eigenvalue weighted by atomic mass is 32.1. The van der Waals surface area contributed by atoms with Gasteiger partial charge in [-0.3, -0.25) is 9.36 Å². The maximum absolute atomic E-state index is 14.3. The van der Waals surface area contributed by atoms with Crippen molar-refractivity contribution in [1.29, 1.82) is 0 Å². The number of hydrogen-bond donors (Lipinski definition) is 0. The second kappa shape index (κ2) is 10.6. The first-order valence-corrected chi connectivity index (χ1v) is 13.8. The Hall–Kier alpha value is -4.28. The molecule has 38 heavy (non-hydrogen) atoms. The Morgan fingerprint density at radius 2 is 1.42 bits per heavy atom. The molecule has 2 heterocycles. The lowest BCUT2D eigenvalue weighted by atomic mass is 9.98. The third-order valence-corrected chi connectivity index (χ3v) is 8.12. The molecule has 0 saturated heterocycles. The van der Waals surface area contributed by atoms with Crippen molar-refractivity contribution in [2.45, 2.75) is 26.3 Å². The number of nitrogens with zero attached hydrogens (tertiary/aromatic N) is 2. The average molecular weight is 513 g/mol. The predicted molar refractivity (Wildman–Crippen MR) is 159 cm³/mol. The van der Waals surface area contributed by atoms with E-state index in [4.69, 9.17) is 4.98 Å². The SMILES string of the molecule is Cc1nc(-c2ccccc2Cc2ccccc2)n(CCc2ccccc2)c(=O)c1-c1cc2ccccc2s1. The zero-order chi connectivity index (χ0) is 25.9. The smallest absolute Gasteiger partial charge is 0.262 e. The molecule has 0 saturated carbocycles. The summed E-state index contributed by atoms with van der Waals surface area (Å²) < 4.78 is 3.07. The molecular weight excluding hydrogens is 484 g/mol. The van der Waals surface area contributed by atoms with Gasteiger partial charge in [-0.1, -0.05) is 103 Å². The van der Waals surface area contributed by atoms with Crippen LogP contribution in [-0.2, 0) is 19.4 Å². The van der Waals surface area contributed by atoms with Crippen molar-refractivity contribution in [2.24, 2.45) is 0 Å². The highest BCUT2D eigenvalue weighted by molar-refractivity contribution is 7.22. The van der Waals surface area contributed by atoms with Gasteiger partial charge in [0.25, 0.3) is 5.56 Å². The van der Waals surface area contributed by atoms with Crippen LogP contribution in [0.5, 0.6) is 0 Å². The van der Waals surface area contributed by atoms with Crippen molar-refractivity contribution in [3.63, 3.8) is 0 Å². The fourth-order valence-corrected chi connectivity index (χ4v) is 6.21. The second-order valence-electron chi connectivity index (χ2n) is 9.56. The lowest BCUT2D eigenvalue weighted by Crippen LogP contribution is -2.27. The van der Waals surface area contributed by atoms with E-state index in [1.807, 2.05) is 54.0 Å². The van der Waals surface area contributed by atoms with Crippen molar-refractivity contribution < 1.29 is 0 Å². The number of benzene rings is 4. The van der Waals surface area contributed by atoms with E-state index in [2.05, 4.69) is 72.8 Å². The van der Waals surface area contributed by atoms with Crippen LogP contribution in [0.15, 0.2) is 120 Å². The van der Waals surface area contributed by atoms with E-state index in [1.54, 1.807) is 11.3 Å². The summed E-state index contributed by atoms with van der Waals surface area (Å²) in [5.74, 6) is 0.736. The first kappa shape index (κ1) is 24.1. The van der Waals surface area contributed by atoms with Crippen LogP contribution in [0, 0.1) is 6.92 Å². The Labute approximate surface area is 226 Å². The third-order valence-electron chi connectivity index (χ3n) is 6.98. The predicted octanol–water partition coefficient (Wildman–Crippen LogP) is 7.93. The topological polar surface area (TPSA) is 34.9 Å². The lowest BCUT2D eigenvalue weighted by Gasteiger charge is -2.18. The summed E-state index contributed by atoms with van der Waals surface area (Å²) in [6.07, 6.45) is 1.54. The first-order valence-electron chi connectivity index (χ1n) is 12.9. The molecule has 0 fully saturated rings. The molecule has 0 aliphatic carbocycles. The third kappa shape index (κ3) is 4.83. The summed E-state index contributed by atoms with van der Waals surface area (Å²) in [4.78, 5) is 20.4. The van der Waals surface area contributed by atoms with Gasteiger partial charge < -0.3 is 0 Å². The molecule has 186 valence electrons. The van der Waals surface area contributed by atoms with E-state index < -0.39 is 0 Å². The van der Waals surface area contributed by atoms with Gasteiger partial charge in [0.15, 0.2) is 0 Å². The molecule has 0 N–H and O–H groups in total. The van der Waals surface area contributed by atoms with Gasteiger partial charge in [-0.15, -0.1) is 11.3 Å². The van der Waals surface area contributed by atoms with Crippen LogP contribution in [0.2, 0.25) is 0 Å². The van der Waals surface area contributed by atoms with Crippen molar-refractivity contribution in [2.75, 3.05) is 0 Å². The molecule has 2 aromatic heterocycles. The molecule has 0 atom stereocenters. The maximum atomic E-state index is 14.3. The van der Waals surface area contributed by atoms with Gasteiger partial charge in [-0.2, -0.15) is 0 Å². The number of fused-ring (bicyclic) bond motifs is 1. The molecule has 6 rings (SSSR count). The summed E-state index contributed by atoms with van der Waals surface area (Å²) >= 11 is 1.66. The Bertz CT molecular complexity index is 1730. The molecule has 0 spiro atoms. The maximum Gasteiger partial charge on any atom is 0.262 e. The van der Waals surface area contributed by atoms with Crippen molar-refractivity contribution in [3.05, 3.63) is 148 Å². The molecule has 0 amide bonds. The minimum Gasteiger partial charge on any atom is -0.292 e. The fourth-order valence-electron chi connectivity index (χ4n) is 5.06. The number of hydrogen-bond acceptors (Lipinski definition) is 3. The van der Waals surface area contributed by atoms with E-state index in [9.17, 15) is 4.79 Å². The zero-order valence-electron chi connectivity index (χ0n) is 21.3. The quantitative estimate of drug-likeness (QED) is 0.218. The summed E-state index contributed by atoms with van der Waals surface area (Å²) in [6, 6.07) is 39.5. The second-order valence-corrected chi connectivity index (χ2v) is 10.6. The summed E-state index contributed by atoms with van der Waals surface area (Å²) in [6.45, 7) is 2.52. The molecule has 0 aliphatic heterocycles. The van der Waals surface area contributed by atoms with Crippen LogP contribution in [0.4, 0.5) is 0 Å². The Kier molecular flexibility index (Phi) is 6.72. The number of thiophene rings is 1. The molecule has 0 unspecified atom stereocenters.